The van der Waals surface area contributed by atoms with Crippen molar-refractivity contribution in [1.82, 2.24) is 9.55 Å². The van der Waals surface area contributed by atoms with Gasteiger partial charge in [-0.15, -0.1) is 0 Å². The van der Waals surface area contributed by atoms with Gasteiger partial charge in [0.25, 0.3) is 0 Å². The number of benzene rings is 2. The number of nitrogens with one attached hydrogen (secondary N) is 1. The van der Waals surface area contributed by atoms with Gasteiger partial charge in [-0.2, -0.15) is 4.98 Å². The molecule has 0 amide bonds. The van der Waals surface area contributed by atoms with Crippen molar-refractivity contribution in [1.29, 1.82) is 0 Å². The molecule has 3 heterocycles. The van der Waals surface area contributed by atoms with Crippen molar-refractivity contribution >= 4 is 5.82 Å². The Morgan fingerprint density at radius 1 is 1.00 bits per heavy atom. The second-order valence-electron chi connectivity index (χ2n) is 8.60. The molecule has 0 unspecified atom stereocenters. The summed E-state index contributed by atoms with van der Waals surface area (Å²) in [5.41, 5.74) is 3.64. The summed E-state index contributed by atoms with van der Waals surface area (Å²) in [6.07, 6.45) is 3.12. The summed E-state index contributed by atoms with van der Waals surface area (Å²) in [7, 11) is 4.90. The Morgan fingerprint density at radius 2 is 1.78 bits per heavy atom. The van der Waals surface area contributed by atoms with Crippen LogP contribution in [-0.4, -0.2) is 37.4 Å². The molecule has 0 aliphatic carbocycles. The first-order chi connectivity index (χ1) is 17.6. The van der Waals surface area contributed by atoms with Gasteiger partial charge < -0.3 is 23.9 Å². The fourth-order valence-electron chi connectivity index (χ4n) is 4.87. The third-order valence-electron chi connectivity index (χ3n) is 6.64. The number of ether oxygens (including phenoxy) is 3. The molecule has 5 rings (SSSR count). The van der Waals surface area contributed by atoms with Crippen molar-refractivity contribution in [3.05, 3.63) is 88.2 Å². The summed E-state index contributed by atoms with van der Waals surface area (Å²) in [5, 5.41) is 3.35. The number of aryl methyl sites for hydroxylation is 1. The number of rotatable bonds is 9. The molecule has 1 atom stereocenters. The highest BCUT2D eigenvalue weighted by Gasteiger charge is 2.23. The summed E-state index contributed by atoms with van der Waals surface area (Å²) in [6, 6.07) is 17.6. The van der Waals surface area contributed by atoms with Crippen molar-refractivity contribution in [3.63, 3.8) is 0 Å². The number of hydrogen-bond acceptors (Lipinski definition) is 7. The number of methoxy groups -OCH3 is 3. The van der Waals surface area contributed by atoms with E-state index in [2.05, 4.69) is 10.3 Å². The lowest BCUT2D eigenvalue weighted by Gasteiger charge is -2.23. The first-order valence-corrected chi connectivity index (χ1v) is 11.9. The van der Waals surface area contributed by atoms with Gasteiger partial charge in [0.05, 0.1) is 33.3 Å². The van der Waals surface area contributed by atoms with Gasteiger partial charge in [0.2, 0.25) is 0 Å². The van der Waals surface area contributed by atoms with Crippen molar-refractivity contribution in [2.24, 2.45) is 0 Å². The van der Waals surface area contributed by atoms with E-state index in [1.165, 1.54) is 0 Å². The Labute approximate surface area is 209 Å². The molecule has 2 aromatic heterocycles. The van der Waals surface area contributed by atoms with E-state index in [0.29, 0.717) is 30.4 Å². The van der Waals surface area contributed by atoms with Crippen molar-refractivity contribution in [2.75, 3.05) is 33.2 Å². The Hall–Kier alpha value is -4.20. The van der Waals surface area contributed by atoms with E-state index in [9.17, 15) is 4.79 Å². The predicted molar refractivity (Wildman–Crippen MR) is 137 cm³/mol. The molecule has 0 radical (unpaired) electrons. The summed E-state index contributed by atoms with van der Waals surface area (Å²) in [4.78, 5) is 17.2. The third kappa shape index (κ3) is 4.42. The second kappa shape index (κ2) is 10.2. The average molecular weight is 488 g/mol. The molecule has 1 N–H and O–H groups in total. The van der Waals surface area contributed by atoms with E-state index < -0.39 is 0 Å². The van der Waals surface area contributed by atoms with Crippen molar-refractivity contribution in [3.8, 4) is 28.5 Å². The molecule has 8 nitrogen and oxygen atoms in total. The molecule has 0 bridgehead atoms. The lowest BCUT2D eigenvalue weighted by atomic mass is 9.92. The van der Waals surface area contributed by atoms with Crippen LogP contribution < -0.4 is 25.2 Å². The maximum Gasteiger partial charge on any atom is 0.349 e. The Balaban J connectivity index is 1.41. The van der Waals surface area contributed by atoms with Crippen LogP contribution in [0.3, 0.4) is 0 Å². The van der Waals surface area contributed by atoms with Gasteiger partial charge in [-0.1, -0.05) is 18.2 Å². The topological polar surface area (TPSA) is 87.8 Å². The lowest BCUT2D eigenvalue weighted by molar-refractivity contribution is 0.354. The van der Waals surface area contributed by atoms with Gasteiger partial charge in [-0.05, 0) is 48.7 Å². The number of para-hydroxylation sites is 1. The van der Waals surface area contributed by atoms with Crippen LogP contribution in [0.25, 0.3) is 11.3 Å². The van der Waals surface area contributed by atoms with Gasteiger partial charge in [-0.25, -0.2) is 4.79 Å². The van der Waals surface area contributed by atoms with Crippen LogP contribution in [0.5, 0.6) is 17.2 Å². The average Bonchev–Trinajstić information content (AvgIpc) is 3.45. The van der Waals surface area contributed by atoms with Gasteiger partial charge in [-0.3, -0.25) is 4.57 Å². The van der Waals surface area contributed by atoms with E-state index in [-0.39, 0.29) is 11.6 Å². The number of fused-ring (bicyclic) bond motifs is 3. The molecule has 0 fully saturated rings. The molecule has 0 saturated heterocycles. The standard InChI is InChI=1S/C28H29N3O5/c1-33-23-8-5-4-7-19(23)20(24-9-6-14-36-24)10-12-29-27-17-22-21-16-26(35-3)25(34-2)15-18(21)11-13-31(22)28(32)30-27/h4-9,14-17,20H,10-13H2,1-3H3,(H,29,30,32)/t20-/m1/s1. The van der Waals surface area contributed by atoms with Crippen molar-refractivity contribution < 1.29 is 18.6 Å². The van der Waals surface area contributed by atoms with Gasteiger partial charge >= 0.3 is 5.69 Å². The highest BCUT2D eigenvalue weighted by Crippen LogP contribution is 2.38. The third-order valence-corrected chi connectivity index (χ3v) is 6.64. The fourth-order valence-corrected chi connectivity index (χ4v) is 4.87. The van der Waals surface area contributed by atoms with E-state index >= 15 is 0 Å². The maximum atomic E-state index is 12.9. The minimum Gasteiger partial charge on any atom is -0.496 e. The predicted octanol–water partition coefficient (Wildman–Crippen LogP) is 4.72. The summed E-state index contributed by atoms with van der Waals surface area (Å²) >= 11 is 0. The summed E-state index contributed by atoms with van der Waals surface area (Å²) in [5.74, 6) is 3.49. The van der Waals surface area contributed by atoms with Crippen LogP contribution in [0.1, 0.15) is 29.2 Å². The van der Waals surface area contributed by atoms with Crippen LogP contribution in [-0.2, 0) is 13.0 Å². The molecule has 8 heteroatoms. The molecule has 4 aromatic rings. The fraction of sp³-hybridized carbons (Fsp3) is 0.286. The molecular weight excluding hydrogens is 458 g/mol. The van der Waals surface area contributed by atoms with E-state index in [0.717, 1.165) is 46.7 Å². The van der Waals surface area contributed by atoms with Crippen LogP contribution >= 0.6 is 0 Å². The van der Waals surface area contributed by atoms with Gasteiger partial charge in [0.15, 0.2) is 11.5 Å². The Kier molecular flexibility index (Phi) is 6.66. The van der Waals surface area contributed by atoms with Gasteiger partial charge in [0, 0.05) is 36.2 Å². The maximum absolute atomic E-state index is 12.9. The molecule has 0 spiro atoms. The van der Waals surface area contributed by atoms with Crippen LogP contribution in [0.4, 0.5) is 5.82 Å². The number of hydrogen-bond donors (Lipinski definition) is 1. The van der Waals surface area contributed by atoms with Crippen LogP contribution in [0, 0.1) is 0 Å². The molecule has 186 valence electrons. The van der Waals surface area contributed by atoms with E-state index in [1.807, 2.05) is 54.6 Å². The number of aromatic nitrogens is 2. The Bertz CT molecular complexity index is 1410. The number of furan rings is 1. The number of nitrogens with zero attached hydrogens (tertiary/aromatic N) is 2. The molecule has 0 saturated carbocycles. The zero-order chi connectivity index (χ0) is 25.1. The molecule has 36 heavy (non-hydrogen) atoms. The quantitative estimate of drug-likeness (QED) is 0.366. The van der Waals surface area contributed by atoms with Gasteiger partial charge in [0.1, 0.15) is 17.3 Å². The Morgan fingerprint density at radius 3 is 2.53 bits per heavy atom. The zero-order valence-electron chi connectivity index (χ0n) is 20.6. The molecule has 1 aliphatic heterocycles. The summed E-state index contributed by atoms with van der Waals surface area (Å²) in [6.45, 7) is 1.15. The SMILES string of the molecule is COc1cc2c(cc1OC)-c1cc(NCC[C@@H](c3ccco3)c3ccccc3OC)nc(=O)n1CC2. The molecule has 1 aliphatic rings. The number of anilines is 1. The van der Waals surface area contributed by atoms with E-state index in [4.69, 9.17) is 18.6 Å². The van der Waals surface area contributed by atoms with Crippen LogP contribution in [0.15, 0.2) is 70.1 Å². The minimum absolute atomic E-state index is 0.0140. The molecular formula is C28H29N3O5. The lowest BCUT2D eigenvalue weighted by Crippen LogP contribution is -2.29. The minimum atomic E-state index is -0.275. The summed E-state index contributed by atoms with van der Waals surface area (Å²) < 4.78 is 24.0. The normalized spacial score (nSPS) is 12.9. The highest BCUT2D eigenvalue weighted by atomic mass is 16.5. The highest BCUT2D eigenvalue weighted by molar-refractivity contribution is 5.71. The first kappa shape index (κ1) is 23.5. The monoisotopic (exact) mass is 487 g/mol. The van der Waals surface area contributed by atoms with Crippen LogP contribution in [0.2, 0.25) is 0 Å². The van der Waals surface area contributed by atoms with Crippen molar-refractivity contribution in [2.45, 2.75) is 25.3 Å². The first-order valence-electron chi connectivity index (χ1n) is 11.9. The second-order valence-corrected chi connectivity index (χ2v) is 8.60. The largest absolute Gasteiger partial charge is 0.496 e. The zero-order valence-corrected chi connectivity index (χ0v) is 20.6. The molecule has 2 aromatic carbocycles. The van der Waals surface area contributed by atoms with E-state index in [1.54, 1.807) is 32.2 Å². The smallest absolute Gasteiger partial charge is 0.349 e.